The van der Waals surface area contributed by atoms with Gasteiger partial charge in [-0.2, -0.15) is 0 Å². The predicted octanol–water partition coefficient (Wildman–Crippen LogP) is 3.77. The number of rotatable bonds is 2. The molecule has 4 fully saturated rings. The van der Waals surface area contributed by atoms with E-state index in [0.717, 1.165) is 22.6 Å². The van der Waals surface area contributed by atoms with E-state index in [1.807, 2.05) is 12.1 Å². The molecule has 0 amide bonds. The van der Waals surface area contributed by atoms with Crippen molar-refractivity contribution in [1.29, 1.82) is 0 Å². The van der Waals surface area contributed by atoms with Crippen molar-refractivity contribution >= 4 is 11.6 Å². The summed E-state index contributed by atoms with van der Waals surface area (Å²) in [6.45, 7) is 1.20. The molecule has 5 rings (SSSR count). The number of methoxy groups -OCH3 is 1. The molecule has 2 saturated carbocycles. The van der Waals surface area contributed by atoms with Crippen molar-refractivity contribution < 1.29 is 4.74 Å². The van der Waals surface area contributed by atoms with Crippen LogP contribution in [-0.2, 0) is 5.41 Å². The van der Waals surface area contributed by atoms with E-state index in [1.165, 1.54) is 44.2 Å². The summed E-state index contributed by atoms with van der Waals surface area (Å²) in [4.78, 5) is 0. The second-order valence-corrected chi connectivity index (χ2v) is 7.48. The number of benzene rings is 1. The molecule has 2 aliphatic carbocycles. The summed E-state index contributed by atoms with van der Waals surface area (Å²) in [5, 5.41) is 4.61. The molecule has 20 heavy (non-hydrogen) atoms. The highest BCUT2D eigenvalue weighted by Crippen LogP contribution is 2.55. The van der Waals surface area contributed by atoms with Crippen LogP contribution in [0.4, 0.5) is 0 Å². The fraction of sp³-hybridized carbons (Fsp3) is 0.647. The maximum absolute atomic E-state index is 6.28. The molecule has 0 aromatic heterocycles. The van der Waals surface area contributed by atoms with Crippen LogP contribution < -0.4 is 10.1 Å². The van der Waals surface area contributed by atoms with E-state index >= 15 is 0 Å². The summed E-state index contributed by atoms with van der Waals surface area (Å²) in [5.74, 6) is 2.73. The smallest absolute Gasteiger partial charge is 0.122 e. The fourth-order valence-corrected chi connectivity index (χ4v) is 5.37. The predicted molar refractivity (Wildman–Crippen MR) is 81.5 cm³/mol. The normalized spacial score (nSPS) is 38.8. The molecule has 2 heterocycles. The van der Waals surface area contributed by atoms with E-state index in [1.54, 1.807) is 7.11 Å². The maximum atomic E-state index is 6.28. The Bertz CT molecular complexity index is 514. The van der Waals surface area contributed by atoms with Gasteiger partial charge in [0.15, 0.2) is 0 Å². The molecular weight excluding hydrogens is 270 g/mol. The van der Waals surface area contributed by atoms with Crippen molar-refractivity contribution in [2.45, 2.75) is 43.6 Å². The van der Waals surface area contributed by atoms with E-state index in [4.69, 9.17) is 16.3 Å². The lowest BCUT2D eigenvalue weighted by Crippen LogP contribution is -2.44. The van der Waals surface area contributed by atoms with Gasteiger partial charge in [0.2, 0.25) is 0 Å². The first-order valence-electron chi connectivity index (χ1n) is 7.76. The molecule has 1 N–H and O–H groups in total. The minimum Gasteiger partial charge on any atom is -0.496 e. The molecule has 4 aliphatic rings. The van der Waals surface area contributed by atoms with E-state index in [-0.39, 0.29) is 5.41 Å². The van der Waals surface area contributed by atoms with Crippen LogP contribution in [0.2, 0.25) is 5.02 Å². The Hall–Kier alpha value is -0.730. The zero-order chi connectivity index (χ0) is 13.7. The highest BCUT2D eigenvalue weighted by molar-refractivity contribution is 6.30. The molecule has 4 unspecified atom stereocenters. The topological polar surface area (TPSA) is 21.3 Å². The van der Waals surface area contributed by atoms with Gasteiger partial charge in [0.25, 0.3) is 0 Å². The van der Waals surface area contributed by atoms with Crippen molar-refractivity contribution in [2.75, 3.05) is 13.7 Å². The third kappa shape index (κ3) is 1.96. The number of hydrogen-bond donors (Lipinski definition) is 1. The van der Waals surface area contributed by atoms with Crippen LogP contribution in [0.15, 0.2) is 18.2 Å². The van der Waals surface area contributed by atoms with Gasteiger partial charge in [-0.05, 0) is 68.7 Å². The number of nitrogens with one attached hydrogen (secondary N) is 1. The van der Waals surface area contributed by atoms with Crippen LogP contribution in [0, 0.1) is 11.8 Å². The molecule has 108 valence electrons. The molecule has 2 aliphatic heterocycles. The van der Waals surface area contributed by atoms with Gasteiger partial charge in [-0.25, -0.2) is 0 Å². The summed E-state index contributed by atoms with van der Waals surface area (Å²) in [6, 6.07) is 6.83. The number of ether oxygens (including phenoxy) is 1. The van der Waals surface area contributed by atoms with Gasteiger partial charge >= 0.3 is 0 Å². The average Bonchev–Trinajstić information content (AvgIpc) is 2.65. The molecule has 2 saturated heterocycles. The Morgan fingerprint density at radius 1 is 1.20 bits per heavy atom. The maximum Gasteiger partial charge on any atom is 0.122 e. The van der Waals surface area contributed by atoms with Crippen LogP contribution in [0.5, 0.6) is 5.75 Å². The molecule has 3 heteroatoms. The van der Waals surface area contributed by atoms with Gasteiger partial charge in [-0.1, -0.05) is 11.6 Å². The third-order valence-corrected chi connectivity index (χ3v) is 5.94. The quantitative estimate of drug-likeness (QED) is 0.896. The number of hydrogen-bond acceptors (Lipinski definition) is 2. The largest absolute Gasteiger partial charge is 0.496 e. The van der Waals surface area contributed by atoms with Gasteiger partial charge in [0.05, 0.1) is 7.11 Å². The SMILES string of the molecule is COc1ccc(Cl)cc1C12CC3CNC(CC(C3)C1)C2. The van der Waals surface area contributed by atoms with Crippen molar-refractivity contribution in [3.05, 3.63) is 28.8 Å². The standard InChI is InChI=1S/C17H22ClNO/c1-20-16-3-2-13(18)6-15(16)17-7-11-4-12(8-17)10-19-14(5-11)9-17/h2-3,6,11-12,14,19H,4-5,7-10H2,1H3. The lowest BCUT2D eigenvalue weighted by molar-refractivity contribution is 0.116. The van der Waals surface area contributed by atoms with Gasteiger partial charge in [0, 0.05) is 22.0 Å². The lowest BCUT2D eigenvalue weighted by atomic mass is 9.56. The first-order valence-corrected chi connectivity index (χ1v) is 8.14. The van der Waals surface area contributed by atoms with E-state index in [2.05, 4.69) is 11.4 Å². The second-order valence-electron chi connectivity index (χ2n) is 7.05. The summed E-state index contributed by atoms with van der Waals surface area (Å²) < 4.78 is 5.65. The van der Waals surface area contributed by atoms with Crippen molar-refractivity contribution in [3.63, 3.8) is 0 Å². The van der Waals surface area contributed by atoms with Gasteiger partial charge in [-0.15, -0.1) is 0 Å². The molecule has 4 atom stereocenters. The van der Waals surface area contributed by atoms with E-state index in [0.29, 0.717) is 6.04 Å². The Morgan fingerprint density at radius 2 is 2.05 bits per heavy atom. The molecule has 2 nitrogen and oxygen atoms in total. The Morgan fingerprint density at radius 3 is 2.90 bits per heavy atom. The van der Waals surface area contributed by atoms with E-state index in [9.17, 15) is 0 Å². The fourth-order valence-electron chi connectivity index (χ4n) is 5.20. The van der Waals surface area contributed by atoms with Crippen LogP contribution >= 0.6 is 11.6 Å². The van der Waals surface area contributed by atoms with Crippen molar-refractivity contribution in [3.8, 4) is 5.75 Å². The number of fused-ring (bicyclic) bond motifs is 1. The van der Waals surface area contributed by atoms with Crippen LogP contribution in [0.25, 0.3) is 0 Å². The zero-order valence-corrected chi connectivity index (χ0v) is 12.7. The minimum atomic E-state index is 0.288. The summed E-state index contributed by atoms with van der Waals surface area (Å²) in [6.07, 6.45) is 6.63. The number of halogens is 1. The summed E-state index contributed by atoms with van der Waals surface area (Å²) in [7, 11) is 1.78. The Balaban J connectivity index is 1.82. The first kappa shape index (κ1) is 13.0. The highest BCUT2D eigenvalue weighted by Gasteiger charge is 2.50. The second kappa shape index (κ2) is 4.64. The third-order valence-electron chi connectivity index (χ3n) is 5.71. The van der Waals surface area contributed by atoms with Crippen molar-refractivity contribution in [2.24, 2.45) is 11.8 Å². The van der Waals surface area contributed by atoms with E-state index < -0.39 is 0 Å². The zero-order valence-electron chi connectivity index (χ0n) is 12.0. The lowest BCUT2D eigenvalue weighted by Gasteiger charge is -2.48. The molecular formula is C17H22ClNO. The average molecular weight is 292 g/mol. The summed E-state index contributed by atoms with van der Waals surface area (Å²) in [5.41, 5.74) is 1.64. The van der Waals surface area contributed by atoms with Gasteiger partial charge < -0.3 is 10.1 Å². The summed E-state index contributed by atoms with van der Waals surface area (Å²) >= 11 is 6.28. The Labute approximate surface area is 125 Å². The molecule has 1 aromatic rings. The van der Waals surface area contributed by atoms with Crippen molar-refractivity contribution in [1.82, 2.24) is 5.32 Å². The Kier molecular flexibility index (Phi) is 3.01. The monoisotopic (exact) mass is 291 g/mol. The van der Waals surface area contributed by atoms with Gasteiger partial charge in [-0.3, -0.25) is 0 Å². The molecule has 0 spiro atoms. The molecule has 4 bridgehead atoms. The van der Waals surface area contributed by atoms with Gasteiger partial charge in [0.1, 0.15) is 5.75 Å². The van der Waals surface area contributed by atoms with Crippen LogP contribution in [0.3, 0.4) is 0 Å². The highest BCUT2D eigenvalue weighted by atomic mass is 35.5. The molecule has 0 radical (unpaired) electrons. The minimum absolute atomic E-state index is 0.288. The molecule has 1 aromatic carbocycles. The van der Waals surface area contributed by atoms with Crippen LogP contribution in [0.1, 0.15) is 37.7 Å². The first-order chi connectivity index (χ1) is 9.68. The van der Waals surface area contributed by atoms with Crippen LogP contribution in [-0.4, -0.2) is 19.7 Å².